The molecule has 100 valence electrons. The summed E-state index contributed by atoms with van der Waals surface area (Å²) in [5.41, 5.74) is 0.321. The largest absolute Gasteiger partial charge is 0.573 e. The van der Waals surface area contributed by atoms with Gasteiger partial charge >= 0.3 is 6.36 Å². The van der Waals surface area contributed by atoms with Gasteiger partial charge in [0.05, 0.1) is 13.2 Å². The van der Waals surface area contributed by atoms with Crippen molar-refractivity contribution >= 4 is 0 Å². The highest BCUT2D eigenvalue weighted by molar-refractivity contribution is 5.30. The van der Waals surface area contributed by atoms with Crippen LogP contribution in [-0.4, -0.2) is 19.6 Å². The van der Waals surface area contributed by atoms with Crippen molar-refractivity contribution in [3.63, 3.8) is 0 Å². The first-order valence-corrected chi connectivity index (χ1v) is 5.24. The van der Waals surface area contributed by atoms with Crippen LogP contribution in [0.25, 0.3) is 0 Å². The molecule has 1 saturated heterocycles. The highest BCUT2D eigenvalue weighted by Crippen LogP contribution is 2.30. The zero-order valence-electron chi connectivity index (χ0n) is 9.17. The van der Waals surface area contributed by atoms with Gasteiger partial charge in [-0.05, 0) is 18.6 Å². The third kappa shape index (κ3) is 3.33. The molecular formula is C11H10F4O3. The molecule has 0 radical (unpaired) electrons. The van der Waals surface area contributed by atoms with Crippen molar-refractivity contribution in [2.45, 2.75) is 19.1 Å². The summed E-state index contributed by atoms with van der Waals surface area (Å²) in [5.74, 6) is -1.98. The van der Waals surface area contributed by atoms with E-state index in [1.165, 1.54) is 6.07 Å². The van der Waals surface area contributed by atoms with E-state index in [2.05, 4.69) is 4.74 Å². The SMILES string of the molecule is Fc1cc(C2OCCCO2)ccc1OC(F)(F)F. The second kappa shape index (κ2) is 5.11. The van der Waals surface area contributed by atoms with E-state index < -0.39 is 24.2 Å². The highest BCUT2D eigenvalue weighted by Gasteiger charge is 2.32. The maximum atomic E-state index is 13.4. The summed E-state index contributed by atoms with van der Waals surface area (Å²) in [6.45, 7) is 0.931. The van der Waals surface area contributed by atoms with Gasteiger partial charge in [-0.2, -0.15) is 0 Å². The van der Waals surface area contributed by atoms with Crippen LogP contribution in [0.15, 0.2) is 18.2 Å². The second-order valence-electron chi connectivity index (χ2n) is 3.66. The van der Waals surface area contributed by atoms with Crippen LogP contribution in [0.4, 0.5) is 17.6 Å². The topological polar surface area (TPSA) is 27.7 Å². The average Bonchev–Trinajstić information content (AvgIpc) is 2.31. The van der Waals surface area contributed by atoms with Crippen molar-refractivity contribution in [3.8, 4) is 5.75 Å². The summed E-state index contributed by atoms with van der Waals surface area (Å²) < 4.78 is 63.1. The molecule has 1 fully saturated rings. The molecule has 1 heterocycles. The molecule has 0 unspecified atom stereocenters. The van der Waals surface area contributed by atoms with E-state index in [9.17, 15) is 17.6 Å². The van der Waals surface area contributed by atoms with Gasteiger partial charge in [0.15, 0.2) is 17.9 Å². The van der Waals surface area contributed by atoms with E-state index in [1.54, 1.807) is 0 Å². The zero-order valence-corrected chi connectivity index (χ0v) is 9.17. The number of hydrogen-bond donors (Lipinski definition) is 0. The van der Waals surface area contributed by atoms with Gasteiger partial charge in [0.2, 0.25) is 0 Å². The standard InChI is InChI=1S/C11H10F4O3/c12-8-6-7(10-16-4-1-5-17-10)2-3-9(8)18-11(13,14)15/h2-3,6,10H,1,4-5H2. The predicted octanol–water partition coefficient (Wildman–Crippen LogP) is 3.16. The van der Waals surface area contributed by atoms with Gasteiger partial charge in [0.1, 0.15) is 0 Å². The molecule has 18 heavy (non-hydrogen) atoms. The van der Waals surface area contributed by atoms with Gasteiger partial charge in [-0.25, -0.2) is 4.39 Å². The summed E-state index contributed by atoms with van der Waals surface area (Å²) in [4.78, 5) is 0. The lowest BCUT2D eigenvalue weighted by molar-refractivity contribution is -0.275. The lowest BCUT2D eigenvalue weighted by atomic mass is 10.2. The molecule has 0 atom stereocenters. The molecule has 1 aromatic rings. The smallest absolute Gasteiger partial charge is 0.403 e. The number of alkyl halides is 3. The molecule has 1 aliphatic rings. The van der Waals surface area contributed by atoms with E-state index in [0.717, 1.165) is 18.6 Å². The van der Waals surface area contributed by atoms with E-state index in [1.807, 2.05) is 0 Å². The van der Waals surface area contributed by atoms with E-state index in [0.29, 0.717) is 18.8 Å². The maximum Gasteiger partial charge on any atom is 0.573 e. The fourth-order valence-electron chi connectivity index (χ4n) is 1.55. The minimum absolute atomic E-state index is 0.321. The summed E-state index contributed by atoms with van der Waals surface area (Å²) in [6.07, 6.45) is -4.93. The van der Waals surface area contributed by atoms with Crippen LogP contribution in [0.2, 0.25) is 0 Å². The third-order valence-corrected chi connectivity index (χ3v) is 2.28. The van der Waals surface area contributed by atoms with Gasteiger partial charge in [0.25, 0.3) is 0 Å². The molecule has 0 saturated carbocycles. The monoisotopic (exact) mass is 266 g/mol. The molecule has 1 aliphatic heterocycles. The van der Waals surface area contributed by atoms with Gasteiger partial charge in [0, 0.05) is 5.56 Å². The first kappa shape index (κ1) is 13.1. The molecule has 0 spiro atoms. The molecule has 0 bridgehead atoms. The van der Waals surface area contributed by atoms with Crippen LogP contribution in [0, 0.1) is 5.82 Å². The number of halogens is 4. The van der Waals surface area contributed by atoms with Crippen LogP contribution in [0.3, 0.4) is 0 Å². The maximum absolute atomic E-state index is 13.4. The Balaban J connectivity index is 2.13. The Bertz CT molecular complexity index is 413. The van der Waals surface area contributed by atoms with Gasteiger partial charge in [-0.15, -0.1) is 13.2 Å². The number of rotatable bonds is 2. The molecule has 3 nitrogen and oxygen atoms in total. The Morgan fingerprint density at radius 3 is 2.39 bits per heavy atom. The van der Waals surface area contributed by atoms with Crippen molar-refractivity contribution in [2.75, 3.05) is 13.2 Å². The van der Waals surface area contributed by atoms with Crippen LogP contribution >= 0.6 is 0 Å². The molecule has 1 aromatic carbocycles. The predicted molar refractivity (Wildman–Crippen MR) is 52.3 cm³/mol. The van der Waals surface area contributed by atoms with Crippen molar-refractivity contribution in [1.82, 2.24) is 0 Å². The van der Waals surface area contributed by atoms with Crippen molar-refractivity contribution < 1.29 is 31.8 Å². The second-order valence-corrected chi connectivity index (χ2v) is 3.66. The lowest BCUT2D eigenvalue weighted by Crippen LogP contribution is -2.19. The Morgan fingerprint density at radius 1 is 1.17 bits per heavy atom. The first-order chi connectivity index (χ1) is 8.46. The number of hydrogen-bond acceptors (Lipinski definition) is 3. The van der Waals surface area contributed by atoms with Gasteiger partial charge < -0.3 is 14.2 Å². The minimum atomic E-state index is -4.92. The molecule has 0 aromatic heterocycles. The summed E-state index contributed by atoms with van der Waals surface area (Å²) >= 11 is 0. The zero-order chi connectivity index (χ0) is 13.2. The van der Waals surface area contributed by atoms with Crippen LogP contribution in [0.5, 0.6) is 5.75 Å². The Kier molecular flexibility index (Phi) is 3.72. The normalized spacial score (nSPS) is 17.8. The van der Waals surface area contributed by atoms with Crippen LogP contribution in [0.1, 0.15) is 18.3 Å². The fraction of sp³-hybridized carbons (Fsp3) is 0.455. The van der Waals surface area contributed by atoms with Gasteiger partial charge in [-0.3, -0.25) is 0 Å². The van der Waals surface area contributed by atoms with E-state index >= 15 is 0 Å². The van der Waals surface area contributed by atoms with Crippen molar-refractivity contribution in [3.05, 3.63) is 29.6 Å². The lowest BCUT2D eigenvalue weighted by Gasteiger charge is -2.23. The summed E-state index contributed by atoms with van der Waals surface area (Å²) in [5, 5.41) is 0. The first-order valence-electron chi connectivity index (χ1n) is 5.24. The number of ether oxygens (including phenoxy) is 3. The quantitative estimate of drug-likeness (QED) is 0.769. The van der Waals surface area contributed by atoms with Crippen LogP contribution < -0.4 is 4.74 Å². The molecule has 2 rings (SSSR count). The Morgan fingerprint density at radius 2 is 1.83 bits per heavy atom. The highest BCUT2D eigenvalue weighted by atomic mass is 19.4. The molecule has 0 amide bonds. The number of benzene rings is 1. The molecule has 0 aliphatic carbocycles. The minimum Gasteiger partial charge on any atom is -0.403 e. The molecule has 7 heteroatoms. The van der Waals surface area contributed by atoms with Gasteiger partial charge in [-0.1, -0.05) is 6.07 Å². The molecule has 0 N–H and O–H groups in total. The van der Waals surface area contributed by atoms with Crippen molar-refractivity contribution in [1.29, 1.82) is 0 Å². The van der Waals surface area contributed by atoms with Crippen molar-refractivity contribution in [2.24, 2.45) is 0 Å². The third-order valence-electron chi connectivity index (χ3n) is 2.28. The fourth-order valence-corrected chi connectivity index (χ4v) is 1.55. The average molecular weight is 266 g/mol. The summed E-state index contributed by atoms with van der Waals surface area (Å²) in [7, 11) is 0. The molecular weight excluding hydrogens is 256 g/mol. The Hall–Kier alpha value is -1.34. The Labute approximate surface area is 100 Å². The van der Waals surface area contributed by atoms with Crippen LogP contribution in [-0.2, 0) is 9.47 Å². The summed E-state index contributed by atoms with van der Waals surface area (Å²) in [6, 6.07) is 3.09. The van der Waals surface area contributed by atoms with E-state index in [4.69, 9.17) is 9.47 Å². The van der Waals surface area contributed by atoms with E-state index in [-0.39, 0.29) is 0 Å².